The van der Waals surface area contributed by atoms with Crippen LogP contribution in [0.5, 0.6) is 0 Å². The lowest BCUT2D eigenvalue weighted by molar-refractivity contribution is -0.145. The van der Waals surface area contributed by atoms with Crippen molar-refractivity contribution in [1.29, 1.82) is 0 Å². The van der Waals surface area contributed by atoms with Crippen molar-refractivity contribution < 1.29 is 14.3 Å². The van der Waals surface area contributed by atoms with Gasteiger partial charge in [-0.3, -0.25) is 4.79 Å². The Morgan fingerprint density at radius 1 is 1.26 bits per heavy atom. The topological polar surface area (TPSA) is 66.2 Å². The molecule has 2 rings (SSSR count). The Balaban J connectivity index is 1.80. The molecule has 0 atom stereocenters. The summed E-state index contributed by atoms with van der Waals surface area (Å²) in [4.78, 5) is 15.6. The highest BCUT2D eigenvalue weighted by atomic mass is 16.5. The van der Waals surface area contributed by atoms with E-state index in [0.717, 1.165) is 5.56 Å². The van der Waals surface area contributed by atoms with E-state index >= 15 is 0 Å². The molecule has 0 spiro atoms. The van der Waals surface area contributed by atoms with E-state index in [4.69, 9.17) is 9.47 Å². The van der Waals surface area contributed by atoms with E-state index in [0.29, 0.717) is 12.4 Å². The number of esters is 1. The zero-order chi connectivity index (χ0) is 13.5. The summed E-state index contributed by atoms with van der Waals surface area (Å²) in [6.07, 6.45) is 1.48. The molecule has 0 N–H and O–H groups in total. The summed E-state index contributed by atoms with van der Waals surface area (Å²) in [6.45, 7) is 0.634. The minimum atomic E-state index is -0.349. The van der Waals surface area contributed by atoms with Gasteiger partial charge in [0.1, 0.15) is 26.1 Å². The molecule has 0 saturated carbocycles. The number of nitrogens with zero attached hydrogens (tertiary/aromatic N) is 3. The molecule has 0 aliphatic rings. The molecule has 0 aliphatic carbocycles. The molecule has 6 heteroatoms. The zero-order valence-corrected chi connectivity index (χ0v) is 10.7. The lowest BCUT2D eigenvalue weighted by atomic mass is 10.2. The predicted octanol–water partition coefficient (Wildman–Crippen LogP) is 1.17. The minimum absolute atomic E-state index is 0.0452. The van der Waals surface area contributed by atoms with Crippen LogP contribution in [0, 0.1) is 0 Å². The van der Waals surface area contributed by atoms with E-state index in [1.807, 2.05) is 30.3 Å². The van der Waals surface area contributed by atoms with Gasteiger partial charge in [-0.2, -0.15) is 5.10 Å². The van der Waals surface area contributed by atoms with E-state index in [-0.39, 0.29) is 19.1 Å². The van der Waals surface area contributed by atoms with Crippen LogP contribution in [0.4, 0.5) is 0 Å². The number of hydrogen-bond acceptors (Lipinski definition) is 5. The number of aromatic nitrogens is 3. The van der Waals surface area contributed by atoms with Gasteiger partial charge >= 0.3 is 5.97 Å². The van der Waals surface area contributed by atoms with E-state index < -0.39 is 0 Å². The normalized spacial score (nSPS) is 10.4. The van der Waals surface area contributed by atoms with Crippen molar-refractivity contribution in [2.45, 2.75) is 19.8 Å². The standard InChI is InChI=1S/C13H15N3O3/c1-18-9-12-14-10-16(15-12)7-13(17)19-8-11-5-3-2-4-6-11/h2-6,10H,7-9H2,1H3. The van der Waals surface area contributed by atoms with Crippen LogP contribution in [0.3, 0.4) is 0 Å². The molecule has 100 valence electrons. The summed E-state index contributed by atoms with van der Waals surface area (Å²) in [6, 6.07) is 9.52. The number of benzene rings is 1. The molecule has 6 nitrogen and oxygen atoms in total. The van der Waals surface area contributed by atoms with Gasteiger partial charge in [0.05, 0.1) is 0 Å². The molecule has 0 bridgehead atoms. The minimum Gasteiger partial charge on any atom is -0.459 e. The molecule has 1 aromatic heterocycles. The second kappa shape index (κ2) is 6.65. The zero-order valence-electron chi connectivity index (χ0n) is 10.7. The molecule has 0 radical (unpaired) electrons. The van der Waals surface area contributed by atoms with Crippen LogP contribution < -0.4 is 0 Å². The average Bonchev–Trinajstić information content (AvgIpc) is 2.85. The third kappa shape index (κ3) is 4.18. The van der Waals surface area contributed by atoms with Crippen molar-refractivity contribution in [2.24, 2.45) is 0 Å². The number of carbonyl (C=O) groups is 1. The lowest BCUT2D eigenvalue weighted by Gasteiger charge is -2.04. The van der Waals surface area contributed by atoms with E-state index in [9.17, 15) is 4.79 Å². The summed E-state index contributed by atoms with van der Waals surface area (Å²) >= 11 is 0. The van der Waals surface area contributed by atoms with E-state index in [1.165, 1.54) is 11.0 Å². The largest absolute Gasteiger partial charge is 0.459 e. The van der Waals surface area contributed by atoms with Crippen molar-refractivity contribution >= 4 is 5.97 Å². The third-order valence-corrected chi connectivity index (χ3v) is 2.39. The molecule has 0 unspecified atom stereocenters. The quantitative estimate of drug-likeness (QED) is 0.730. The van der Waals surface area contributed by atoms with Crippen LogP contribution in [0.1, 0.15) is 11.4 Å². The Morgan fingerprint density at radius 3 is 2.79 bits per heavy atom. The van der Waals surface area contributed by atoms with Gasteiger partial charge in [0.15, 0.2) is 5.82 Å². The summed E-state index contributed by atoms with van der Waals surface area (Å²) in [5, 5.41) is 4.07. The Hall–Kier alpha value is -2.21. The van der Waals surface area contributed by atoms with Crippen molar-refractivity contribution in [2.75, 3.05) is 7.11 Å². The summed E-state index contributed by atoms with van der Waals surface area (Å²) < 4.78 is 11.5. The highest BCUT2D eigenvalue weighted by Gasteiger charge is 2.07. The van der Waals surface area contributed by atoms with Gasteiger partial charge in [-0.15, -0.1) is 0 Å². The smallest absolute Gasteiger partial charge is 0.328 e. The van der Waals surface area contributed by atoms with Crippen LogP contribution in [0.25, 0.3) is 0 Å². The van der Waals surface area contributed by atoms with Gasteiger partial charge in [-0.1, -0.05) is 30.3 Å². The Labute approximate surface area is 111 Å². The highest BCUT2D eigenvalue weighted by Crippen LogP contribution is 2.01. The molecule has 0 amide bonds. The van der Waals surface area contributed by atoms with E-state index in [2.05, 4.69) is 10.1 Å². The molecule has 1 aromatic carbocycles. The average molecular weight is 261 g/mol. The second-order valence-corrected chi connectivity index (χ2v) is 3.94. The van der Waals surface area contributed by atoms with Crippen molar-refractivity contribution in [3.63, 3.8) is 0 Å². The Kier molecular flexibility index (Phi) is 4.63. The first-order valence-corrected chi connectivity index (χ1v) is 5.85. The number of ether oxygens (including phenoxy) is 2. The highest BCUT2D eigenvalue weighted by molar-refractivity contribution is 5.69. The predicted molar refractivity (Wildman–Crippen MR) is 67.0 cm³/mol. The Morgan fingerprint density at radius 2 is 2.05 bits per heavy atom. The number of carbonyl (C=O) groups excluding carboxylic acids is 1. The fourth-order valence-corrected chi connectivity index (χ4v) is 1.52. The monoisotopic (exact) mass is 261 g/mol. The first-order valence-electron chi connectivity index (χ1n) is 5.85. The Bertz CT molecular complexity index is 525. The van der Waals surface area contributed by atoms with Gasteiger partial charge in [0, 0.05) is 7.11 Å². The fraction of sp³-hybridized carbons (Fsp3) is 0.308. The number of hydrogen-bond donors (Lipinski definition) is 0. The van der Waals surface area contributed by atoms with Crippen molar-refractivity contribution in [1.82, 2.24) is 14.8 Å². The molecular formula is C13H15N3O3. The summed E-state index contributed by atoms with van der Waals surface area (Å²) in [5.74, 6) is 0.191. The third-order valence-electron chi connectivity index (χ3n) is 2.39. The molecule has 0 saturated heterocycles. The first kappa shape index (κ1) is 13.2. The van der Waals surface area contributed by atoms with Crippen LogP contribution in [0.2, 0.25) is 0 Å². The SMILES string of the molecule is COCc1ncn(CC(=O)OCc2ccccc2)n1. The van der Waals surface area contributed by atoms with Crippen LogP contribution in [-0.2, 0) is 34.0 Å². The molecule has 19 heavy (non-hydrogen) atoms. The maximum absolute atomic E-state index is 11.6. The van der Waals surface area contributed by atoms with Gasteiger partial charge in [0.25, 0.3) is 0 Å². The van der Waals surface area contributed by atoms with Gasteiger partial charge < -0.3 is 9.47 Å². The van der Waals surface area contributed by atoms with Crippen LogP contribution in [-0.4, -0.2) is 27.8 Å². The van der Waals surface area contributed by atoms with Gasteiger partial charge in [0.2, 0.25) is 0 Å². The van der Waals surface area contributed by atoms with Gasteiger partial charge in [-0.25, -0.2) is 9.67 Å². The molecular weight excluding hydrogens is 246 g/mol. The molecule has 0 aliphatic heterocycles. The lowest BCUT2D eigenvalue weighted by Crippen LogP contribution is -2.14. The number of methoxy groups -OCH3 is 1. The molecule has 2 aromatic rings. The maximum Gasteiger partial charge on any atom is 0.328 e. The number of rotatable bonds is 6. The first-order chi connectivity index (χ1) is 9.28. The molecule has 0 fully saturated rings. The van der Waals surface area contributed by atoms with Crippen LogP contribution in [0.15, 0.2) is 36.7 Å². The maximum atomic E-state index is 11.6. The molecule has 1 heterocycles. The summed E-state index contributed by atoms with van der Waals surface area (Å²) in [5.41, 5.74) is 0.953. The van der Waals surface area contributed by atoms with Gasteiger partial charge in [-0.05, 0) is 5.56 Å². The van der Waals surface area contributed by atoms with Crippen LogP contribution >= 0.6 is 0 Å². The fourth-order valence-electron chi connectivity index (χ4n) is 1.52. The van der Waals surface area contributed by atoms with Crippen molar-refractivity contribution in [3.8, 4) is 0 Å². The second-order valence-electron chi connectivity index (χ2n) is 3.94. The van der Waals surface area contributed by atoms with Crippen molar-refractivity contribution in [3.05, 3.63) is 48.0 Å². The van der Waals surface area contributed by atoms with E-state index in [1.54, 1.807) is 7.11 Å². The summed E-state index contributed by atoms with van der Waals surface area (Å²) in [7, 11) is 1.56.